The van der Waals surface area contributed by atoms with Gasteiger partial charge in [-0.05, 0) is 17.7 Å². The molecule has 0 aliphatic rings. The maximum atomic E-state index is 9.94. The normalized spacial score (nSPS) is 13.9. The Morgan fingerprint density at radius 3 is 2.07 bits per heavy atom. The van der Waals surface area contributed by atoms with Crippen molar-refractivity contribution in [2.45, 2.75) is 18.8 Å². The lowest BCUT2D eigenvalue weighted by Crippen LogP contribution is -2.39. The summed E-state index contributed by atoms with van der Waals surface area (Å²) < 4.78 is 9.87. The Morgan fingerprint density at radius 2 is 1.67 bits per heavy atom. The molecule has 1 N–H and O–H groups in total. The highest BCUT2D eigenvalue weighted by Gasteiger charge is 2.35. The number of methoxy groups -OCH3 is 2. The van der Waals surface area contributed by atoms with E-state index < -0.39 is 5.97 Å². The van der Waals surface area contributed by atoms with Crippen LogP contribution >= 0.6 is 11.6 Å². The number of halogens is 1. The Kier molecular flexibility index (Phi) is 4.11. The van der Waals surface area contributed by atoms with Crippen LogP contribution < -0.4 is 0 Å². The van der Waals surface area contributed by atoms with E-state index >= 15 is 0 Å². The molecule has 0 aromatic heterocycles. The molecular weight excluding hydrogens is 216 g/mol. The predicted octanol–water partition coefficient (Wildman–Crippen LogP) is 2.38. The first-order valence-electron chi connectivity index (χ1n) is 4.61. The second-order valence-electron chi connectivity index (χ2n) is 3.31. The van der Waals surface area contributed by atoms with Gasteiger partial charge in [-0.2, -0.15) is 0 Å². The summed E-state index contributed by atoms with van der Waals surface area (Å²) in [5.41, 5.74) is 0.894. The average Bonchev–Trinajstić information content (AvgIpc) is 2.28. The number of rotatable bonds is 4. The van der Waals surface area contributed by atoms with Crippen molar-refractivity contribution in [2.75, 3.05) is 14.2 Å². The van der Waals surface area contributed by atoms with Crippen LogP contribution in [0.25, 0.3) is 0 Å². The fourth-order valence-corrected chi connectivity index (χ4v) is 1.52. The Hall–Kier alpha value is -0.610. The average molecular weight is 231 g/mol. The zero-order valence-corrected chi connectivity index (χ0v) is 9.78. The van der Waals surface area contributed by atoms with Crippen molar-refractivity contribution in [2.24, 2.45) is 0 Å². The van der Waals surface area contributed by atoms with Crippen LogP contribution in [0.4, 0.5) is 0 Å². The van der Waals surface area contributed by atoms with Crippen LogP contribution in [0.2, 0.25) is 5.02 Å². The number of hydrogen-bond acceptors (Lipinski definition) is 3. The molecule has 0 radical (unpaired) electrons. The maximum Gasteiger partial charge on any atom is 0.286 e. The molecule has 4 heteroatoms. The molecule has 3 nitrogen and oxygen atoms in total. The summed E-state index contributed by atoms with van der Waals surface area (Å²) >= 11 is 5.77. The van der Waals surface area contributed by atoms with Crippen LogP contribution in [-0.4, -0.2) is 25.3 Å². The van der Waals surface area contributed by atoms with Gasteiger partial charge in [-0.3, -0.25) is 0 Å². The molecule has 1 atom stereocenters. The van der Waals surface area contributed by atoms with E-state index in [4.69, 9.17) is 21.1 Å². The molecule has 0 saturated heterocycles. The van der Waals surface area contributed by atoms with E-state index in [9.17, 15) is 5.11 Å². The summed E-state index contributed by atoms with van der Waals surface area (Å²) in [5, 5.41) is 10.6. The van der Waals surface area contributed by atoms with Gasteiger partial charge in [0.1, 0.15) is 0 Å². The highest BCUT2D eigenvalue weighted by molar-refractivity contribution is 6.30. The molecule has 0 fully saturated rings. The van der Waals surface area contributed by atoms with Crippen molar-refractivity contribution in [3.8, 4) is 0 Å². The van der Waals surface area contributed by atoms with Gasteiger partial charge in [-0.15, -0.1) is 0 Å². The smallest absolute Gasteiger partial charge is 0.286 e. The van der Waals surface area contributed by atoms with Crippen molar-refractivity contribution < 1.29 is 14.6 Å². The first-order chi connectivity index (χ1) is 7.03. The van der Waals surface area contributed by atoms with Crippen molar-refractivity contribution in [3.63, 3.8) is 0 Å². The van der Waals surface area contributed by atoms with Gasteiger partial charge in [0.25, 0.3) is 5.97 Å². The predicted molar refractivity (Wildman–Crippen MR) is 58.8 cm³/mol. The molecule has 1 rings (SSSR count). The van der Waals surface area contributed by atoms with Crippen molar-refractivity contribution in [3.05, 3.63) is 34.9 Å². The highest BCUT2D eigenvalue weighted by atomic mass is 35.5. The summed E-state index contributed by atoms with van der Waals surface area (Å²) in [4.78, 5) is 0. The molecule has 0 spiro atoms. The minimum atomic E-state index is -1.60. The van der Waals surface area contributed by atoms with Gasteiger partial charge in [0, 0.05) is 19.2 Å². The van der Waals surface area contributed by atoms with Crippen molar-refractivity contribution in [1.29, 1.82) is 0 Å². The first-order valence-corrected chi connectivity index (χ1v) is 4.99. The van der Waals surface area contributed by atoms with E-state index in [1.54, 1.807) is 12.1 Å². The van der Waals surface area contributed by atoms with Gasteiger partial charge >= 0.3 is 0 Å². The van der Waals surface area contributed by atoms with E-state index in [0.717, 1.165) is 5.56 Å². The van der Waals surface area contributed by atoms with Gasteiger partial charge in [0.2, 0.25) is 0 Å². The zero-order valence-electron chi connectivity index (χ0n) is 9.03. The molecule has 1 aromatic carbocycles. The zero-order chi connectivity index (χ0) is 11.5. The third kappa shape index (κ3) is 2.69. The lowest BCUT2D eigenvalue weighted by Gasteiger charge is -2.30. The van der Waals surface area contributed by atoms with E-state index in [1.165, 1.54) is 14.2 Å². The number of benzene rings is 1. The lowest BCUT2D eigenvalue weighted by atomic mass is 9.99. The van der Waals surface area contributed by atoms with E-state index in [1.807, 2.05) is 19.1 Å². The maximum absolute atomic E-state index is 9.94. The fraction of sp³-hybridized carbons (Fsp3) is 0.455. The van der Waals surface area contributed by atoms with Gasteiger partial charge in [0.05, 0.1) is 5.92 Å². The summed E-state index contributed by atoms with van der Waals surface area (Å²) in [6.45, 7) is 1.82. The lowest BCUT2D eigenvalue weighted by molar-refractivity contribution is -0.350. The Balaban J connectivity index is 2.92. The van der Waals surface area contributed by atoms with E-state index in [0.29, 0.717) is 5.02 Å². The van der Waals surface area contributed by atoms with Gasteiger partial charge in [-0.1, -0.05) is 30.7 Å². The molecule has 0 aliphatic heterocycles. The summed E-state index contributed by atoms with van der Waals surface area (Å²) in [6.07, 6.45) is 0. The molecular formula is C11H15ClO3. The molecule has 84 valence electrons. The number of ether oxygens (including phenoxy) is 2. The Bertz CT molecular complexity index is 306. The van der Waals surface area contributed by atoms with Gasteiger partial charge in [0.15, 0.2) is 0 Å². The third-order valence-corrected chi connectivity index (χ3v) is 2.75. The molecule has 0 bridgehead atoms. The Morgan fingerprint density at radius 1 is 1.20 bits per heavy atom. The van der Waals surface area contributed by atoms with Crippen molar-refractivity contribution in [1.82, 2.24) is 0 Å². The highest BCUT2D eigenvalue weighted by Crippen LogP contribution is 2.29. The molecule has 0 saturated carbocycles. The van der Waals surface area contributed by atoms with Crippen LogP contribution in [0, 0.1) is 0 Å². The van der Waals surface area contributed by atoms with Crippen molar-refractivity contribution >= 4 is 11.6 Å². The minimum absolute atomic E-state index is 0.301. The van der Waals surface area contributed by atoms with Crippen LogP contribution in [0.1, 0.15) is 18.4 Å². The van der Waals surface area contributed by atoms with Gasteiger partial charge < -0.3 is 14.6 Å². The third-order valence-electron chi connectivity index (χ3n) is 2.50. The summed E-state index contributed by atoms with van der Waals surface area (Å²) in [7, 11) is 2.80. The van der Waals surface area contributed by atoms with Crippen LogP contribution in [0.5, 0.6) is 0 Å². The van der Waals surface area contributed by atoms with Crippen LogP contribution in [0.15, 0.2) is 24.3 Å². The van der Waals surface area contributed by atoms with Crippen LogP contribution in [0.3, 0.4) is 0 Å². The standard InChI is InChI=1S/C11H15ClO3/c1-8(11(13,14-2)15-3)9-4-6-10(12)7-5-9/h4-8,13H,1-3H3. The minimum Gasteiger partial charge on any atom is -0.343 e. The molecule has 1 unspecified atom stereocenters. The quantitative estimate of drug-likeness (QED) is 0.808. The fourth-order valence-electron chi connectivity index (χ4n) is 1.40. The largest absolute Gasteiger partial charge is 0.343 e. The molecule has 15 heavy (non-hydrogen) atoms. The van der Waals surface area contributed by atoms with E-state index in [-0.39, 0.29) is 5.92 Å². The SMILES string of the molecule is COC(O)(OC)C(C)c1ccc(Cl)cc1. The first kappa shape index (κ1) is 12.5. The Labute approximate surface area is 94.6 Å². The molecule has 0 amide bonds. The number of hydrogen-bond donors (Lipinski definition) is 1. The molecule has 0 aliphatic carbocycles. The molecule has 0 heterocycles. The topological polar surface area (TPSA) is 38.7 Å². The summed E-state index contributed by atoms with van der Waals surface area (Å²) in [6, 6.07) is 7.18. The second-order valence-corrected chi connectivity index (χ2v) is 3.75. The molecule has 1 aromatic rings. The van der Waals surface area contributed by atoms with Gasteiger partial charge in [-0.25, -0.2) is 0 Å². The monoisotopic (exact) mass is 230 g/mol. The summed E-state index contributed by atoms with van der Waals surface area (Å²) in [5.74, 6) is -1.90. The number of aliphatic hydroxyl groups is 1. The second kappa shape index (κ2) is 4.94. The van der Waals surface area contributed by atoms with Crippen LogP contribution in [-0.2, 0) is 9.47 Å². The van der Waals surface area contributed by atoms with E-state index in [2.05, 4.69) is 0 Å².